The van der Waals surface area contributed by atoms with Crippen molar-refractivity contribution in [2.24, 2.45) is 0 Å². The Kier molecular flexibility index (Phi) is 6.83. The lowest BCUT2D eigenvalue weighted by molar-refractivity contribution is 0.283. The van der Waals surface area contributed by atoms with Crippen molar-refractivity contribution in [3.63, 3.8) is 0 Å². The number of hydrogen-bond acceptors (Lipinski definition) is 1. The minimum absolute atomic E-state index is 0.0798. The Hall–Kier alpha value is -5.26. The molecule has 5 heteroatoms. The number of aromatic amines is 4. The number of aliphatic hydroxyl groups excluding tert-OH is 1. The van der Waals surface area contributed by atoms with E-state index in [1.54, 1.807) is 0 Å². The molecule has 7 aromatic rings. The predicted octanol–water partition coefficient (Wildman–Crippen LogP) is 6.31. The first-order chi connectivity index (χ1) is 23.1. The first-order valence-electron chi connectivity index (χ1n) is 16.8. The highest BCUT2D eigenvalue weighted by atomic mass is 16.3. The van der Waals surface area contributed by atoms with Crippen LogP contribution >= 0.6 is 0 Å². The van der Waals surface area contributed by atoms with Crippen LogP contribution in [0, 0.1) is 55.4 Å². The van der Waals surface area contributed by atoms with Crippen LogP contribution in [0.5, 0.6) is 0 Å². The zero-order chi connectivity index (χ0) is 33.6. The van der Waals surface area contributed by atoms with Crippen molar-refractivity contribution in [2.75, 3.05) is 0 Å². The van der Waals surface area contributed by atoms with Crippen molar-refractivity contribution in [1.29, 1.82) is 0 Å². The van der Waals surface area contributed by atoms with E-state index in [-0.39, 0.29) is 6.61 Å². The van der Waals surface area contributed by atoms with Crippen LogP contribution < -0.4 is 21.4 Å². The van der Waals surface area contributed by atoms with Crippen LogP contribution in [0.4, 0.5) is 0 Å². The fraction of sp³-hybridized carbons (Fsp3) is 0.209. The quantitative estimate of drug-likeness (QED) is 0.143. The summed E-state index contributed by atoms with van der Waals surface area (Å²) < 4.78 is 0. The van der Waals surface area contributed by atoms with E-state index >= 15 is 0 Å². The number of aromatic nitrogens is 4. The van der Waals surface area contributed by atoms with Gasteiger partial charge in [-0.2, -0.15) is 0 Å². The van der Waals surface area contributed by atoms with Crippen LogP contribution in [0.1, 0.15) is 78.4 Å². The molecule has 5 heterocycles. The average molecular weight is 631 g/mol. The van der Waals surface area contributed by atoms with Gasteiger partial charge in [-0.15, -0.1) is 0 Å². The van der Waals surface area contributed by atoms with E-state index in [0.717, 1.165) is 77.0 Å². The van der Waals surface area contributed by atoms with Crippen molar-refractivity contribution >= 4 is 45.3 Å². The Morgan fingerprint density at radius 1 is 0.458 bits per heavy atom. The second-order valence-electron chi connectivity index (χ2n) is 13.6. The molecule has 8 rings (SSSR count). The SMILES string of the molecule is Cc1c2[nH]c(c1C)C=c1[nH]c(c(C)c1C)=C(c1c(CO)c3ccccc3c3ccccc13)c1[nH]c(c(C)c1C)C=c1[nH]c(c(C)c1C)=C2. The van der Waals surface area contributed by atoms with Crippen LogP contribution in [-0.2, 0) is 6.61 Å². The van der Waals surface area contributed by atoms with Gasteiger partial charge >= 0.3 is 0 Å². The molecule has 5 N–H and O–H groups in total. The van der Waals surface area contributed by atoms with Gasteiger partial charge in [0.05, 0.1) is 17.6 Å². The van der Waals surface area contributed by atoms with Crippen molar-refractivity contribution < 1.29 is 5.11 Å². The second kappa shape index (κ2) is 10.9. The summed E-state index contributed by atoms with van der Waals surface area (Å²) in [6.45, 7) is 17.5. The van der Waals surface area contributed by atoms with Gasteiger partial charge in [0.15, 0.2) is 0 Å². The third-order valence-corrected chi connectivity index (χ3v) is 11.3. The highest BCUT2D eigenvalue weighted by Crippen LogP contribution is 2.39. The molecule has 4 aromatic heterocycles. The standard InChI is InChI=1S/C43H42N4O/c1-21-23(3)36-18-38-25(5)27(7)42(46-38)41(40-32-16-12-11-14-30(32)29-13-9-10-15-31(29)33(40)20-48)43-28(8)26(6)39(47-43)19-37-24(4)22(2)35(45-37)17-34(21)44-36/h9-19,44-48H,20H2,1-8H3. The van der Waals surface area contributed by atoms with E-state index < -0.39 is 0 Å². The first-order valence-corrected chi connectivity index (χ1v) is 16.8. The molecule has 0 spiro atoms. The Bertz CT molecular complexity index is 2740. The van der Waals surface area contributed by atoms with Gasteiger partial charge in [-0.3, -0.25) is 0 Å². The summed E-state index contributed by atoms with van der Waals surface area (Å²) in [6, 6.07) is 17.1. The lowest BCUT2D eigenvalue weighted by Crippen LogP contribution is -2.18. The Morgan fingerprint density at radius 3 is 1.50 bits per heavy atom. The molecule has 1 aliphatic rings. The van der Waals surface area contributed by atoms with Gasteiger partial charge in [0.2, 0.25) is 0 Å². The summed E-state index contributed by atoms with van der Waals surface area (Å²) in [7, 11) is 0. The number of hydrogen-bond donors (Lipinski definition) is 5. The summed E-state index contributed by atoms with van der Waals surface area (Å²) in [5, 5.41) is 20.0. The molecular formula is C43H42N4O. The summed E-state index contributed by atoms with van der Waals surface area (Å²) in [4.78, 5) is 15.3. The minimum Gasteiger partial charge on any atom is -0.392 e. The predicted molar refractivity (Wildman–Crippen MR) is 199 cm³/mol. The number of fused-ring (bicyclic) bond motifs is 11. The maximum absolute atomic E-state index is 11.2. The molecule has 0 saturated carbocycles. The van der Waals surface area contributed by atoms with E-state index in [1.807, 2.05) is 0 Å². The molecular weight excluding hydrogens is 589 g/mol. The lowest BCUT2D eigenvalue weighted by Gasteiger charge is -2.19. The largest absolute Gasteiger partial charge is 0.392 e. The highest BCUT2D eigenvalue weighted by Gasteiger charge is 2.24. The first kappa shape index (κ1) is 30.1. The van der Waals surface area contributed by atoms with E-state index in [9.17, 15) is 5.11 Å². The van der Waals surface area contributed by atoms with Crippen molar-refractivity contribution in [1.82, 2.24) is 19.9 Å². The number of aliphatic hydroxyl groups is 1. The molecule has 0 amide bonds. The molecule has 240 valence electrons. The van der Waals surface area contributed by atoms with Gasteiger partial charge < -0.3 is 25.0 Å². The van der Waals surface area contributed by atoms with Gasteiger partial charge in [0, 0.05) is 38.7 Å². The Morgan fingerprint density at radius 2 is 0.917 bits per heavy atom. The van der Waals surface area contributed by atoms with Crippen molar-refractivity contribution in [2.45, 2.75) is 62.0 Å². The van der Waals surface area contributed by atoms with Gasteiger partial charge in [-0.05, 0) is 151 Å². The summed E-state index contributed by atoms with van der Waals surface area (Å²) >= 11 is 0. The van der Waals surface area contributed by atoms with Gasteiger partial charge in [-0.1, -0.05) is 48.5 Å². The molecule has 0 unspecified atom stereocenters. The molecule has 0 atom stereocenters. The van der Waals surface area contributed by atoms with E-state index in [1.165, 1.54) is 49.9 Å². The maximum atomic E-state index is 11.2. The smallest absolute Gasteiger partial charge is 0.0694 e. The zero-order valence-corrected chi connectivity index (χ0v) is 29.0. The lowest BCUT2D eigenvalue weighted by atomic mass is 9.85. The van der Waals surface area contributed by atoms with E-state index in [4.69, 9.17) is 0 Å². The van der Waals surface area contributed by atoms with Gasteiger partial charge in [0.1, 0.15) is 0 Å². The fourth-order valence-corrected chi connectivity index (χ4v) is 7.73. The van der Waals surface area contributed by atoms with E-state index in [2.05, 4.69) is 142 Å². The summed E-state index contributed by atoms with van der Waals surface area (Å²) in [6.07, 6.45) is 6.75. The highest BCUT2D eigenvalue weighted by molar-refractivity contribution is 6.14. The molecule has 0 saturated heterocycles. The molecule has 0 radical (unpaired) electrons. The number of H-pyrrole nitrogens is 4. The molecule has 0 aliphatic carbocycles. The fourth-order valence-electron chi connectivity index (χ4n) is 7.73. The van der Waals surface area contributed by atoms with Crippen molar-refractivity contribution in [3.05, 3.63) is 148 Å². The van der Waals surface area contributed by atoms with Crippen LogP contribution in [-0.4, -0.2) is 25.0 Å². The third kappa shape index (κ3) is 4.27. The van der Waals surface area contributed by atoms with Gasteiger partial charge in [0.25, 0.3) is 0 Å². The minimum atomic E-state index is -0.0798. The topological polar surface area (TPSA) is 83.4 Å². The van der Waals surface area contributed by atoms with Gasteiger partial charge in [-0.25, -0.2) is 0 Å². The zero-order valence-electron chi connectivity index (χ0n) is 29.0. The molecule has 5 nitrogen and oxygen atoms in total. The average Bonchev–Trinajstić information content (AvgIpc) is 3.72. The molecule has 0 fully saturated rings. The Labute approximate surface area is 280 Å². The number of benzene rings is 3. The monoisotopic (exact) mass is 630 g/mol. The van der Waals surface area contributed by atoms with E-state index in [0.29, 0.717) is 0 Å². The number of nitrogens with one attached hydrogen (secondary N) is 4. The van der Waals surface area contributed by atoms with Crippen LogP contribution in [0.25, 0.3) is 45.3 Å². The summed E-state index contributed by atoms with van der Waals surface area (Å²) in [5.41, 5.74) is 17.1. The second-order valence-corrected chi connectivity index (χ2v) is 13.6. The van der Waals surface area contributed by atoms with Crippen LogP contribution in [0.2, 0.25) is 0 Å². The Balaban J connectivity index is 1.63. The molecule has 1 aliphatic heterocycles. The number of rotatable bonds is 2. The molecule has 3 aromatic carbocycles. The van der Waals surface area contributed by atoms with Crippen LogP contribution in [0.15, 0.2) is 48.5 Å². The third-order valence-electron chi connectivity index (χ3n) is 11.3. The van der Waals surface area contributed by atoms with Crippen LogP contribution in [0.3, 0.4) is 0 Å². The summed E-state index contributed by atoms with van der Waals surface area (Å²) in [5.74, 6) is 0. The maximum Gasteiger partial charge on any atom is 0.0694 e. The molecule has 48 heavy (non-hydrogen) atoms. The molecule has 8 bridgehead atoms. The van der Waals surface area contributed by atoms with Crippen molar-refractivity contribution in [3.8, 4) is 0 Å². The normalized spacial score (nSPS) is 12.8.